The maximum absolute atomic E-state index is 12.5. The van der Waals surface area contributed by atoms with Gasteiger partial charge in [-0.2, -0.15) is 10.2 Å². The summed E-state index contributed by atoms with van der Waals surface area (Å²) in [7, 11) is 0. The van der Waals surface area contributed by atoms with E-state index in [9.17, 15) is 4.79 Å². The van der Waals surface area contributed by atoms with Crippen molar-refractivity contribution in [2.24, 2.45) is 0 Å². The maximum Gasteiger partial charge on any atom is 0.257 e. The fourth-order valence-corrected chi connectivity index (χ4v) is 3.24. The zero-order chi connectivity index (χ0) is 15.6. The van der Waals surface area contributed by atoms with Crippen LogP contribution in [0.2, 0.25) is 0 Å². The smallest absolute Gasteiger partial charge is 0.257 e. The number of halogens is 2. The molecule has 0 fully saturated rings. The molecule has 2 rings (SSSR count). The van der Waals surface area contributed by atoms with Crippen LogP contribution in [0.1, 0.15) is 28.7 Å². The Morgan fingerprint density at radius 3 is 2.62 bits per heavy atom. The summed E-state index contributed by atoms with van der Waals surface area (Å²) in [6.45, 7) is 3.73. The lowest BCUT2D eigenvalue weighted by Crippen LogP contribution is -2.17. The Balaban J connectivity index is 2.37. The Bertz CT molecular complexity index is 680. The number of nitrogens with one attached hydrogen (secondary N) is 1. The molecule has 3 N–H and O–H groups in total. The van der Waals surface area contributed by atoms with Crippen LogP contribution in [0, 0.1) is 6.92 Å². The van der Waals surface area contributed by atoms with Crippen LogP contribution >= 0.6 is 31.9 Å². The van der Waals surface area contributed by atoms with Crippen LogP contribution in [0.4, 0.5) is 11.4 Å². The molecule has 21 heavy (non-hydrogen) atoms. The third kappa shape index (κ3) is 3.59. The molecule has 1 amide bonds. The van der Waals surface area contributed by atoms with E-state index in [0.717, 1.165) is 4.47 Å². The highest BCUT2D eigenvalue weighted by Gasteiger charge is 2.16. The van der Waals surface area contributed by atoms with E-state index in [1.807, 2.05) is 13.0 Å². The summed E-state index contributed by atoms with van der Waals surface area (Å²) >= 11 is 6.75. The van der Waals surface area contributed by atoms with Gasteiger partial charge in [0.1, 0.15) is 0 Å². The van der Waals surface area contributed by atoms with Gasteiger partial charge in [0, 0.05) is 8.95 Å². The quantitative estimate of drug-likeness (QED) is 0.751. The van der Waals surface area contributed by atoms with E-state index in [-0.39, 0.29) is 5.91 Å². The van der Waals surface area contributed by atoms with Gasteiger partial charge in [-0.05, 0) is 47.5 Å². The lowest BCUT2D eigenvalue weighted by Gasteiger charge is -2.12. The van der Waals surface area contributed by atoms with Crippen molar-refractivity contribution >= 4 is 49.1 Å². The summed E-state index contributed by atoms with van der Waals surface area (Å²) in [6, 6.07) is 5.28. The molecule has 0 atom stereocenters. The highest BCUT2D eigenvalue weighted by atomic mass is 79.9. The average molecular weight is 414 g/mol. The zero-order valence-electron chi connectivity index (χ0n) is 11.6. The van der Waals surface area contributed by atoms with E-state index >= 15 is 0 Å². The van der Waals surface area contributed by atoms with Crippen LogP contribution in [0.25, 0.3) is 0 Å². The van der Waals surface area contributed by atoms with Crippen LogP contribution < -0.4 is 11.1 Å². The van der Waals surface area contributed by atoms with Gasteiger partial charge in [-0.25, -0.2) is 0 Å². The van der Waals surface area contributed by atoms with Crippen LogP contribution in [0.3, 0.4) is 0 Å². The molecule has 1 aromatic carbocycles. The van der Waals surface area contributed by atoms with E-state index in [2.05, 4.69) is 47.4 Å². The first-order valence-corrected chi connectivity index (χ1v) is 7.90. The molecule has 0 aliphatic heterocycles. The molecular formula is C14H14Br2N4O. The first kappa shape index (κ1) is 15.9. The topological polar surface area (TPSA) is 80.9 Å². The number of benzene rings is 1. The monoisotopic (exact) mass is 412 g/mol. The summed E-state index contributed by atoms with van der Waals surface area (Å²) in [5.41, 5.74) is 8.83. The van der Waals surface area contributed by atoms with Crippen molar-refractivity contribution in [1.82, 2.24) is 10.2 Å². The molecular weight excluding hydrogens is 400 g/mol. The minimum atomic E-state index is -0.250. The first-order chi connectivity index (χ1) is 9.92. The minimum absolute atomic E-state index is 0.250. The van der Waals surface area contributed by atoms with Crippen LogP contribution in [0.15, 0.2) is 27.1 Å². The third-order valence-electron chi connectivity index (χ3n) is 2.90. The second kappa shape index (κ2) is 6.53. The van der Waals surface area contributed by atoms with Crippen LogP contribution in [-0.4, -0.2) is 16.1 Å². The number of aryl methyl sites for hydroxylation is 2. The molecule has 7 heteroatoms. The van der Waals surface area contributed by atoms with Crippen molar-refractivity contribution in [1.29, 1.82) is 0 Å². The number of hydrogen-bond donors (Lipinski definition) is 2. The van der Waals surface area contributed by atoms with Gasteiger partial charge >= 0.3 is 0 Å². The number of nitrogens with two attached hydrogens (primary N) is 1. The number of anilines is 2. The molecule has 0 radical (unpaired) electrons. The average Bonchev–Trinajstić information content (AvgIpc) is 2.42. The van der Waals surface area contributed by atoms with Crippen molar-refractivity contribution in [3.63, 3.8) is 0 Å². The van der Waals surface area contributed by atoms with Crippen molar-refractivity contribution < 1.29 is 4.79 Å². The fourth-order valence-electron chi connectivity index (χ4n) is 1.88. The molecule has 2 aromatic rings. The molecule has 1 heterocycles. The Kier molecular flexibility index (Phi) is 4.95. The number of amides is 1. The van der Waals surface area contributed by atoms with Crippen LogP contribution in [-0.2, 0) is 6.42 Å². The van der Waals surface area contributed by atoms with Crippen LogP contribution in [0.5, 0.6) is 0 Å². The second-order valence-electron chi connectivity index (χ2n) is 4.51. The number of nitrogens with zero attached hydrogens (tertiary/aromatic N) is 2. The fraction of sp³-hybridized carbons (Fsp3) is 0.214. The number of carbonyl (C=O) groups is 1. The van der Waals surface area contributed by atoms with Gasteiger partial charge in [-0.3, -0.25) is 4.79 Å². The SMILES string of the molecule is CCc1nnc(C)cc1C(=O)Nc1c(N)cc(Br)cc1Br. The van der Waals surface area contributed by atoms with Gasteiger partial charge in [0.2, 0.25) is 0 Å². The highest BCUT2D eigenvalue weighted by molar-refractivity contribution is 9.11. The van der Waals surface area contributed by atoms with E-state index in [1.54, 1.807) is 19.1 Å². The number of aromatic nitrogens is 2. The highest BCUT2D eigenvalue weighted by Crippen LogP contribution is 2.33. The van der Waals surface area contributed by atoms with Gasteiger partial charge in [0.15, 0.2) is 0 Å². The molecule has 0 saturated carbocycles. The Hall–Kier alpha value is -1.47. The van der Waals surface area contributed by atoms with E-state index in [4.69, 9.17) is 5.73 Å². The number of carbonyl (C=O) groups excluding carboxylic acids is 1. The predicted molar refractivity (Wildman–Crippen MR) is 90.4 cm³/mol. The summed E-state index contributed by atoms with van der Waals surface area (Å²) in [5.74, 6) is -0.250. The molecule has 0 spiro atoms. The van der Waals surface area contributed by atoms with Crippen molar-refractivity contribution in [2.45, 2.75) is 20.3 Å². The van der Waals surface area contributed by atoms with Gasteiger partial charge in [0.05, 0.1) is 28.3 Å². The lowest BCUT2D eigenvalue weighted by molar-refractivity contribution is 0.102. The van der Waals surface area contributed by atoms with Gasteiger partial charge in [-0.15, -0.1) is 0 Å². The molecule has 0 bridgehead atoms. The predicted octanol–water partition coefficient (Wildman–Crippen LogP) is 3.71. The first-order valence-electron chi connectivity index (χ1n) is 6.31. The summed E-state index contributed by atoms with van der Waals surface area (Å²) < 4.78 is 1.54. The standard InChI is InChI=1S/C14H14Br2N4O/c1-3-12-9(4-7(2)19-20-12)14(21)18-13-10(16)5-8(15)6-11(13)17/h4-6H,3,17H2,1-2H3,(H,18,21). The molecule has 0 saturated heterocycles. The molecule has 0 aliphatic rings. The summed E-state index contributed by atoms with van der Waals surface area (Å²) in [5, 5.41) is 10.9. The molecule has 1 aromatic heterocycles. The minimum Gasteiger partial charge on any atom is -0.397 e. The summed E-state index contributed by atoms with van der Waals surface area (Å²) in [6.07, 6.45) is 0.632. The number of hydrogen-bond acceptors (Lipinski definition) is 4. The lowest BCUT2D eigenvalue weighted by atomic mass is 10.1. The van der Waals surface area contributed by atoms with E-state index in [1.165, 1.54) is 0 Å². The van der Waals surface area contributed by atoms with Crippen molar-refractivity contribution in [3.8, 4) is 0 Å². The second-order valence-corrected chi connectivity index (χ2v) is 6.28. The Labute approximate surface area is 139 Å². The number of nitrogen functional groups attached to an aromatic ring is 1. The normalized spacial score (nSPS) is 10.5. The Morgan fingerprint density at radius 1 is 1.29 bits per heavy atom. The summed E-state index contributed by atoms with van der Waals surface area (Å²) in [4.78, 5) is 12.5. The van der Waals surface area contributed by atoms with Gasteiger partial charge in [-0.1, -0.05) is 22.9 Å². The number of rotatable bonds is 3. The largest absolute Gasteiger partial charge is 0.397 e. The van der Waals surface area contributed by atoms with Crippen molar-refractivity contribution in [3.05, 3.63) is 44.1 Å². The molecule has 110 valence electrons. The van der Waals surface area contributed by atoms with Crippen molar-refractivity contribution in [2.75, 3.05) is 11.1 Å². The molecule has 5 nitrogen and oxygen atoms in total. The van der Waals surface area contributed by atoms with Gasteiger partial charge in [0.25, 0.3) is 5.91 Å². The Morgan fingerprint density at radius 2 is 2.00 bits per heavy atom. The van der Waals surface area contributed by atoms with Gasteiger partial charge < -0.3 is 11.1 Å². The van der Waals surface area contributed by atoms with E-state index < -0.39 is 0 Å². The zero-order valence-corrected chi connectivity index (χ0v) is 14.7. The van der Waals surface area contributed by atoms with E-state index in [0.29, 0.717) is 39.2 Å². The maximum atomic E-state index is 12.5. The third-order valence-corrected chi connectivity index (χ3v) is 3.98. The molecule has 0 unspecified atom stereocenters. The molecule has 0 aliphatic carbocycles.